The molecule has 0 saturated carbocycles. The van der Waals surface area contributed by atoms with E-state index in [4.69, 9.17) is 4.74 Å². The van der Waals surface area contributed by atoms with Crippen molar-refractivity contribution in [2.45, 2.75) is 19.8 Å². The van der Waals surface area contributed by atoms with Gasteiger partial charge in [0.25, 0.3) is 0 Å². The van der Waals surface area contributed by atoms with E-state index in [0.717, 1.165) is 50.5 Å². The summed E-state index contributed by atoms with van der Waals surface area (Å²) < 4.78 is 5.75. The van der Waals surface area contributed by atoms with Gasteiger partial charge in [0.05, 0.1) is 7.11 Å². The molecule has 0 fully saturated rings. The normalized spacial score (nSPS) is 10.9. The summed E-state index contributed by atoms with van der Waals surface area (Å²) >= 11 is 0. The van der Waals surface area contributed by atoms with Crippen LogP contribution in [0.1, 0.15) is 19.8 Å². The SMILES string of the molecule is CCCC(=O)Nc1ccc2ccccc2c1-c1c(OC)ccc2ccccc12. The highest BCUT2D eigenvalue weighted by atomic mass is 16.5. The van der Waals surface area contributed by atoms with E-state index in [0.29, 0.717) is 6.42 Å². The van der Waals surface area contributed by atoms with Gasteiger partial charge in [0.2, 0.25) is 5.91 Å². The molecule has 0 heterocycles. The molecule has 0 aliphatic carbocycles. The third kappa shape index (κ3) is 3.20. The molecule has 0 aliphatic heterocycles. The smallest absolute Gasteiger partial charge is 0.224 e. The number of fused-ring (bicyclic) bond motifs is 2. The minimum absolute atomic E-state index is 0.0261. The molecule has 0 spiro atoms. The molecule has 140 valence electrons. The second kappa shape index (κ2) is 7.73. The van der Waals surface area contributed by atoms with Crippen molar-refractivity contribution in [2.75, 3.05) is 12.4 Å². The fraction of sp³-hybridized carbons (Fsp3) is 0.160. The molecule has 0 aromatic heterocycles. The van der Waals surface area contributed by atoms with Crippen LogP contribution in [0.4, 0.5) is 5.69 Å². The summed E-state index contributed by atoms with van der Waals surface area (Å²) in [6.45, 7) is 2.01. The predicted octanol–water partition coefficient (Wildman–Crippen LogP) is 6.41. The van der Waals surface area contributed by atoms with Crippen molar-refractivity contribution in [3.8, 4) is 16.9 Å². The zero-order valence-corrected chi connectivity index (χ0v) is 16.2. The quantitative estimate of drug-likeness (QED) is 0.441. The van der Waals surface area contributed by atoms with Crippen LogP contribution in [0.2, 0.25) is 0 Å². The number of benzene rings is 4. The lowest BCUT2D eigenvalue weighted by Gasteiger charge is -2.19. The Kier molecular flexibility index (Phi) is 4.98. The van der Waals surface area contributed by atoms with Crippen LogP contribution in [0.5, 0.6) is 5.75 Å². The Morgan fingerprint density at radius 3 is 2.07 bits per heavy atom. The molecule has 3 nitrogen and oxygen atoms in total. The van der Waals surface area contributed by atoms with Crippen molar-refractivity contribution in [1.82, 2.24) is 0 Å². The van der Waals surface area contributed by atoms with E-state index in [2.05, 4.69) is 41.7 Å². The van der Waals surface area contributed by atoms with Gasteiger partial charge in [-0.25, -0.2) is 0 Å². The maximum atomic E-state index is 12.4. The van der Waals surface area contributed by atoms with Crippen LogP contribution >= 0.6 is 0 Å². The van der Waals surface area contributed by atoms with E-state index < -0.39 is 0 Å². The van der Waals surface area contributed by atoms with Crippen LogP contribution in [-0.4, -0.2) is 13.0 Å². The van der Waals surface area contributed by atoms with Crippen molar-refractivity contribution in [3.63, 3.8) is 0 Å². The first-order valence-electron chi connectivity index (χ1n) is 9.60. The third-order valence-corrected chi connectivity index (χ3v) is 5.04. The highest BCUT2D eigenvalue weighted by Gasteiger charge is 2.18. The molecule has 0 saturated heterocycles. The van der Waals surface area contributed by atoms with E-state index >= 15 is 0 Å². The third-order valence-electron chi connectivity index (χ3n) is 5.04. The standard InChI is InChI=1S/C25H23NO2/c1-3-8-23(27)26-21-15-13-17-9-4-6-11-19(17)24(21)25-20-12-7-5-10-18(20)14-16-22(25)28-2/h4-7,9-16H,3,8H2,1-2H3,(H,26,27). The van der Waals surface area contributed by atoms with E-state index in [-0.39, 0.29) is 5.91 Å². The van der Waals surface area contributed by atoms with Crippen molar-refractivity contribution >= 4 is 33.1 Å². The molecular weight excluding hydrogens is 346 g/mol. The molecule has 0 unspecified atom stereocenters. The average molecular weight is 369 g/mol. The summed E-state index contributed by atoms with van der Waals surface area (Å²) in [5, 5.41) is 7.58. The van der Waals surface area contributed by atoms with Gasteiger partial charge >= 0.3 is 0 Å². The van der Waals surface area contributed by atoms with Gasteiger partial charge in [0.15, 0.2) is 0 Å². The molecule has 1 amide bonds. The fourth-order valence-corrected chi connectivity index (χ4v) is 3.76. The summed E-state index contributed by atoms with van der Waals surface area (Å²) in [4.78, 5) is 12.4. The predicted molar refractivity (Wildman–Crippen MR) is 117 cm³/mol. The van der Waals surface area contributed by atoms with E-state index in [9.17, 15) is 4.79 Å². The second-order valence-electron chi connectivity index (χ2n) is 6.87. The first-order valence-corrected chi connectivity index (χ1v) is 9.60. The molecule has 28 heavy (non-hydrogen) atoms. The summed E-state index contributed by atoms with van der Waals surface area (Å²) in [5.41, 5.74) is 2.81. The summed E-state index contributed by atoms with van der Waals surface area (Å²) in [5.74, 6) is 0.819. The number of amides is 1. The van der Waals surface area contributed by atoms with Crippen LogP contribution in [-0.2, 0) is 4.79 Å². The van der Waals surface area contributed by atoms with E-state index in [1.165, 1.54) is 0 Å². The Bertz CT molecular complexity index is 1160. The molecule has 0 radical (unpaired) electrons. The molecule has 4 aromatic rings. The molecule has 4 aromatic carbocycles. The van der Waals surface area contributed by atoms with Crippen LogP contribution in [0, 0.1) is 0 Å². The number of methoxy groups -OCH3 is 1. The van der Waals surface area contributed by atoms with Crippen molar-refractivity contribution in [2.24, 2.45) is 0 Å². The van der Waals surface area contributed by atoms with Gasteiger partial charge in [-0.3, -0.25) is 4.79 Å². The Balaban J connectivity index is 2.07. The maximum Gasteiger partial charge on any atom is 0.224 e. The summed E-state index contributed by atoms with van der Waals surface area (Å²) in [6, 6.07) is 24.6. The number of carbonyl (C=O) groups is 1. The van der Waals surface area contributed by atoms with Crippen molar-refractivity contribution in [3.05, 3.63) is 72.8 Å². The van der Waals surface area contributed by atoms with Crippen molar-refractivity contribution in [1.29, 1.82) is 0 Å². The summed E-state index contributed by atoms with van der Waals surface area (Å²) in [6.07, 6.45) is 1.31. The second-order valence-corrected chi connectivity index (χ2v) is 6.87. The molecular formula is C25H23NO2. The Hall–Kier alpha value is -3.33. The number of hydrogen-bond acceptors (Lipinski definition) is 2. The zero-order valence-electron chi connectivity index (χ0n) is 16.2. The Morgan fingerprint density at radius 2 is 1.43 bits per heavy atom. The molecule has 0 aliphatic rings. The number of hydrogen-bond donors (Lipinski definition) is 1. The lowest BCUT2D eigenvalue weighted by molar-refractivity contribution is -0.116. The minimum Gasteiger partial charge on any atom is -0.496 e. The largest absolute Gasteiger partial charge is 0.496 e. The lowest BCUT2D eigenvalue weighted by Crippen LogP contribution is -2.11. The highest BCUT2D eigenvalue weighted by Crippen LogP contribution is 2.44. The summed E-state index contributed by atoms with van der Waals surface area (Å²) in [7, 11) is 1.69. The van der Waals surface area contributed by atoms with Crippen LogP contribution in [0.15, 0.2) is 72.8 Å². The van der Waals surface area contributed by atoms with Gasteiger partial charge < -0.3 is 10.1 Å². The molecule has 0 atom stereocenters. The Morgan fingerprint density at radius 1 is 0.821 bits per heavy atom. The first kappa shape index (κ1) is 18.1. The zero-order chi connectivity index (χ0) is 19.5. The average Bonchev–Trinajstić information content (AvgIpc) is 2.73. The minimum atomic E-state index is 0.0261. The first-order chi connectivity index (χ1) is 13.7. The monoisotopic (exact) mass is 369 g/mol. The van der Waals surface area contributed by atoms with E-state index in [1.54, 1.807) is 7.11 Å². The number of nitrogens with one attached hydrogen (secondary N) is 1. The number of ether oxygens (including phenoxy) is 1. The van der Waals surface area contributed by atoms with Gasteiger partial charge in [-0.2, -0.15) is 0 Å². The lowest BCUT2D eigenvalue weighted by atomic mass is 9.91. The van der Waals surface area contributed by atoms with E-state index in [1.807, 2.05) is 43.3 Å². The van der Waals surface area contributed by atoms with Gasteiger partial charge in [-0.15, -0.1) is 0 Å². The molecule has 4 rings (SSSR count). The number of carbonyl (C=O) groups excluding carboxylic acids is 1. The van der Waals surface area contributed by atoms with Crippen LogP contribution < -0.4 is 10.1 Å². The van der Waals surface area contributed by atoms with Gasteiger partial charge in [-0.1, -0.05) is 67.6 Å². The van der Waals surface area contributed by atoms with Crippen molar-refractivity contribution < 1.29 is 9.53 Å². The number of anilines is 1. The Labute approximate surface area is 165 Å². The fourth-order valence-electron chi connectivity index (χ4n) is 3.76. The topological polar surface area (TPSA) is 38.3 Å². The van der Waals surface area contributed by atoms with Crippen LogP contribution in [0.3, 0.4) is 0 Å². The maximum absolute atomic E-state index is 12.4. The molecule has 3 heteroatoms. The molecule has 0 bridgehead atoms. The van der Waals surface area contributed by atoms with Gasteiger partial charge in [0.1, 0.15) is 5.75 Å². The van der Waals surface area contributed by atoms with Gasteiger partial charge in [-0.05, 0) is 40.1 Å². The van der Waals surface area contributed by atoms with Gasteiger partial charge in [0, 0.05) is 23.2 Å². The van der Waals surface area contributed by atoms with Crippen LogP contribution in [0.25, 0.3) is 32.7 Å². The molecule has 1 N–H and O–H groups in total. The number of rotatable bonds is 5. The highest BCUT2D eigenvalue weighted by molar-refractivity contribution is 6.13.